The summed E-state index contributed by atoms with van der Waals surface area (Å²) in [6, 6.07) is 9.92. The fourth-order valence-electron chi connectivity index (χ4n) is 1.59. The number of hydrogen-bond acceptors (Lipinski definition) is 4. The van der Waals surface area contributed by atoms with Crippen molar-refractivity contribution in [3.05, 3.63) is 36.4 Å². The van der Waals surface area contributed by atoms with Crippen molar-refractivity contribution in [1.82, 2.24) is 10.2 Å². The molecule has 0 fully saturated rings. The summed E-state index contributed by atoms with van der Waals surface area (Å²) in [6.45, 7) is -0.121. The van der Waals surface area contributed by atoms with Crippen LogP contribution in [0.3, 0.4) is 0 Å². The van der Waals surface area contributed by atoms with Gasteiger partial charge in [-0.3, -0.25) is 0 Å². The molecule has 0 amide bonds. The summed E-state index contributed by atoms with van der Waals surface area (Å²) in [6.07, 6.45) is 0. The minimum atomic E-state index is -2.84. The van der Waals surface area contributed by atoms with E-state index in [-0.39, 0.29) is 5.75 Å². The summed E-state index contributed by atoms with van der Waals surface area (Å²) in [5, 5.41) is 11.0. The molecule has 0 radical (unpaired) electrons. The summed E-state index contributed by atoms with van der Waals surface area (Å²) in [5.41, 5.74) is 1.27. The van der Waals surface area contributed by atoms with Gasteiger partial charge in [-0.2, -0.15) is 8.78 Å². The van der Waals surface area contributed by atoms with Gasteiger partial charge in [0, 0.05) is 12.1 Å². The lowest BCUT2D eigenvalue weighted by molar-refractivity contribution is -0.0498. The molecule has 2 aromatic rings. The van der Waals surface area contributed by atoms with Crippen molar-refractivity contribution in [1.29, 1.82) is 0 Å². The predicted octanol–water partition coefficient (Wildman–Crippen LogP) is 3.18. The largest absolute Gasteiger partial charge is 0.435 e. The first-order valence-corrected chi connectivity index (χ1v) is 5.82. The van der Waals surface area contributed by atoms with E-state index < -0.39 is 6.61 Å². The summed E-state index contributed by atoms with van der Waals surface area (Å²) < 4.78 is 28.6. The van der Waals surface area contributed by atoms with Crippen LogP contribution in [-0.4, -0.2) is 23.4 Å². The van der Waals surface area contributed by atoms with Crippen LogP contribution >= 0.6 is 0 Å². The molecule has 0 unspecified atom stereocenters. The van der Waals surface area contributed by atoms with Crippen LogP contribution in [0.5, 0.6) is 5.75 Å². The van der Waals surface area contributed by atoms with Crippen molar-refractivity contribution in [2.75, 3.05) is 11.9 Å². The van der Waals surface area contributed by atoms with Gasteiger partial charge in [0.05, 0.1) is 5.69 Å². The minimum absolute atomic E-state index is 0.102. The Hall–Kier alpha value is -2.24. The van der Waals surface area contributed by atoms with Gasteiger partial charge in [0.15, 0.2) is 0 Å². The molecule has 1 N–H and O–H groups in total. The molecule has 0 saturated carbocycles. The monoisotopic (exact) mass is 265 g/mol. The number of halogens is 2. The molecule has 100 valence electrons. The average Bonchev–Trinajstić information content (AvgIpc) is 2.39. The van der Waals surface area contributed by atoms with Gasteiger partial charge in [0.1, 0.15) is 11.6 Å². The van der Waals surface area contributed by atoms with Gasteiger partial charge in [-0.25, -0.2) is 0 Å². The molecule has 2 rings (SSSR count). The van der Waals surface area contributed by atoms with Crippen molar-refractivity contribution in [2.24, 2.45) is 0 Å². The SMILES string of the molecule is CCNc1ccc(-c2cccc(OC(F)F)c2)nn1. The second kappa shape index (κ2) is 6.08. The van der Waals surface area contributed by atoms with Gasteiger partial charge in [-0.05, 0) is 31.2 Å². The highest BCUT2D eigenvalue weighted by atomic mass is 19.3. The van der Waals surface area contributed by atoms with Gasteiger partial charge in [0.2, 0.25) is 0 Å². The smallest absolute Gasteiger partial charge is 0.387 e. The Morgan fingerprint density at radius 1 is 1.21 bits per heavy atom. The van der Waals surface area contributed by atoms with E-state index in [1.807, 2.05) is 6.92 Å². The lowest BCUT2D eigenvalue weighted by atomic mass is 10.1. The number of anilines is 1. The fourth-order valence-corrected chi connectivity index (χ4v) is 1.59. The van der Waals surface area contributed by atoms with E-state index in [2.05, 4.69) is 20.3 Å². The van der Waals surface area contributed by atoms with E-state index in [1.165, 1.54) is 12.1 Å². The van der Waals surface area contributed by atoms with E-state index in [4.69, 9.17) is 0 Å². The topological polar surface area (TPSA) is 47.0 Å². The van der Waals surface area contributed by atoms with Crippen LogP contribution in [-0.2, 0) is 0 Å². The first-order chi connectivity index (χ1) is 9.19. The zero-order chi connectivity index (χ0) is 13.7. The quantitative estimate of drug-likeness (QED) is 0.902. The highest BCUT2D eigenvalue weighted by Crippen LogP contribution is 2.23. The van der Waals surface area contributed by atoms with Gasteiger partial charge >= 0.3 is 6.61 Å². The van der Waals surface area contributed by atoms with Gasteiger partial charge < -0.3 is 10.1 Å². The first-order valence-electron chi connectivity index (χ1n) is 5.82. The predicted molar refractivity (Wildman–Crippen MR) is 68.3 cm³/mol. The number of ether oxygens (including phenoxy) is 1. The van der Waals surface area contributed by atoms with Gasteiger partial charge in [-0.1, -0.05) is 12.1 Å². The van der Waals surface area contributed by atoms with Gasteiger partial charge in [-0.15, -0.1) is 10.2 Å². The minimum Gasteiger partial charge on any atom is -0.435 e. The number of alkyl halides is 2. The molecule has 0 aliphatic heterocycles. The molecular formula is C13H13F2N3O. The highest BCUT2D eigenvalue weighted by molar-refractivity contribution is 5.61. The van der Waals surface area contributed by atoms with Gasteiger partial charge in [0.25, 0.3) is 0 Å². The molecule has 1 aromatic carbocycles. The van der Waals surface area contributed by atoms with Crippen LogP contribution in [0.4, 0.5) is 14.6 Å². The zero-order valence-electron chi connectivity index (χ0n) is 10.3. The third-order valence-electron chi connectivity index (χ3n) is 2.38. The third kappa shape index (κ3) is 3.61. The van der Waals surface area contributed by atoms with E-state index in [1.54, 1.807) is 24.3 Å². The van der Waals surface area contributed by atoms with E-state index >= 15 is 0 Å². The summed E-state index contributed by atoms with van der Waals surface area (Å²) in [5.74, 6) is 0.774. The Morgan fingerprint density at radius 3 is 2.68 bits per heavy atom. The second-order valence-electron chi connectivity index (χ2n) is 3.74. The molecule has 0 saturated heterocycles. The molecule has 0 aliphatic carbocycles. The highest BCUT2D eigenvalue weighted by Gasteiger charge is 2.06. The standard InChI is InChI=1S/C13H13F2N3O/c1-2-16-12-7-6-11(17-18-12)9-4-3-5-10(8-9)19-13(14)15/h3-8,13H,2H2,1H3,(H,16,18). The van der Waals surface area contributed by atoms with Crippen molar-refractivity contribution in [3.8, 4) is 17.0 Å². The van der Waals surface area contributed by atoms with Crippen molar-refractivity contribution in [3.63, 3.8) is 0 Å². The average molecular weight is 265 g/mol. The number of hydrogen-bond donors (Lipinski definition) is 1. The molecule has 0 bridgehead atoms. The van der Waals surface area contributed by atoms with E-state index in [0.717, 1.165) is 6.54 Å². The molecule has 1 aromatic heterocycles. The number of nitrogens with zero attached hydrogens (tertiary/aromatic N) is 2. The van der Waals surface area contributed by atoms with Crippen LogP contribution in [0.25, 0.3) is 11.3 Å². The van der Waals surface area contributed by atoms with Crippen molar-refractivity contribution < 1.29 is 13.5 Å². The van der Waals surface area contributed by atoms with Crippen molar-refractivity contribution >= 4 is 5.82 Å². The normalized spacial score (nSPS) is 10.5. The maximum atomic E-state index is 12.1. The first kappa shape index (κ1) is 13.2. The number of benzene rings is 1. The maximum Gasteiger partial charge on any atom is 0.387 e. The Balaban J connectivity index is 2.21. The Morgan fingerprint density at radius 2 is 2.05 bits per heavy atom. The Labute approximate surface area is 109 Å². The molecule has 6 heteroatoms. The third-order valence-corrected chi connectivity index (χ3v) is 2.38. The number of rotatable bonds is 5. The van der Waals surface area contributed by atoms with E-state index in [0.29, 0.717) is 17.1 Å². The zero-order valence-corrected chi connectivity index (χ0v) is 10.3. The summed E-state index contributed by atoms with van der Waals surface area (Å²) in [4.78, 5) is 0. The summed E-state index contributed by atoms with van der Waals surface area (Å²) in [7, 11) is 0. The van der Waals surface area contributed by atoms with Crippen LogP contribution in [0.2, 0.25) is 0 Å². The molecule has 19 heavy (non-hydrogen) atoms. The van der Waals surface area contributed by atoms with Crippen molar-refractivity contribution in [2.45, 2.75) is 13.5 Å². The second-order valence-corrected chi connectivity index (χ2v) is 3.74. The number of nitrogens with one attached hydrogen (secondary N) is 1. The van der Waals surface area contributed by atoms with Crippen LogP contribution in [0.15, 0.2) is 36.4 Å². The molecule has 0 spiro atoms. The van der Waals surface area contributed by atoms with Crippen LogP contribution < -0.4 is 10.1 Å². The lowest BCUT2D eigenvalue weighted by Crippen LogP contribution is -2.02. The molecule has 0 atom stereocenters. The Bertz CT molecular complexity index is 532. The molecule has 1 heterocycles. The van der Waals surface area contributed by atoms with Crippen LogP contribution in [0.1, 0.15) is 6.92 Å². The lowest BCUT2D eigenvalue weighted by Gasteiger charge is -2.07. The van der Waals surface area contributed by atoms with Crippen LogP contribution in [0, 0.1) is 0 Å². The maximum absolute atomic E-state index is 12.1. The molecular weight excluding hydrogens is 252 g/mol. The molecule has 0 aliphatic rings. The fraction of sp³-hybridized carbons (Fsp3) is 0.231. The van der Waals surface area contributed by atoms with E-state index in [9.17, 15) is 8.78 Å². The Kier molecular flexibility index (Phi) is 4.22. The number of aromatic nitrogens is 2. The molecule has 4 nitrogen and oxygen atoms in total. The summed E-state index contributed by atoms with van der Waals surface area (Å²) >= 11 is 0.